The van der Waals surface area contributed by atoms with Gasteiger partial charge in [-0.2, -0.15) is 0 Å². The number of carbonyl (C=O) groups excluding carboxylic acids is 4. The normalized spacial score (nSPS) is 20.0. The molecule has 1 aromatic carbocycles. The molecule has 0 aromatic heterocycles. The molecular weight excluding hydrogens is 324 g/mol. The number of urea groups is 1. The molecule has 3 N–H and O–H groups in total. The molecule has 0 radical (unpaired) electrons. The zero-order valence-electron chi connectivity index (χ0n) is 13.9. The molecule has 2 saturated heterocycles. The Morgan fingerprint density at radius 3 is 2.36 bits per heavy atom. The fourth-order valence-electron chi connectivity index (χ4n) is 3.19. The van der Waals surface area contributed by atoms with Gasteiger partial charge in [0.25, 0.3) is 11.8 Å². The van der Waals surface area contributed by atoms with Crippen molar-refractivity contribution in [2.75, 3.05) is 13.1 Å². The first-order valence-corrected chi connectivity index (χ1v) is 8.20. The monoisotopic (exact) mass is 344 g/mol. The lowest BCUT2D eigenvalue weighted by molar-refractivity contribution is -0.137. The third kappa shape index (κ3) is 3.33. The highest BCUT2D eigenvalue weighted by Crippen LogP contribution is 2.25. The summed E-state index contributed by atoms with van der Waals surface area (Å²) in [6.07, 6.45) is 0.714. The molecule has 2 aliphatic rings. The number of hydrogen-bond donors (Lipinski definition) is 3. The van der Waals surface area contributed by atoms with Crippen LogP contribution >= 0.6 is 0 Å². The minimum atomic E-state index is -0.912. The number of carbonyl (C=O) groups is 4. The maximum Gasteiger partial charge on any atom is 0.322 e. The van der Waals surface area contributed by atoms with E-state index in [1.54, 1.807) is 36.1 Å². The van der Waals surface area contributed by atoms with Gasteiger partial charge in [-0.25, -0.2) is 4.79 Å². The largest absolute Gasteiger partial charge is 0.341 e. The predicted molar refractivity (Wildman–Crippen MR) is 88.6 cm³/mol. The van der Waals surface area contributed by atoms with Crippen LogP contribution in [0, 0.1) is 0 Å². The average molecular weight is 344 g/mol. The van der Waals surface area contributed by atoms with Crippen molar-refractivity contribution in [2.24, 2.45) is 0 Å². The first-order valence-electron chi connectivity index (χ1n) is 8.20. The Kier molecular flexibility index (Phi) is 4.43. The van der Waals surface area contributed by atoms with E-state index in [0.29, 0.717) is 31.5 Å². The van der Waals surface area contributed by atoms with Gasteiger partial charge in [0.05, 0.1) is 0 Å². The molecule has 3 rings (SSSR count). The molecule has 5 amide bonds. The second-order valence-corrected chi connectivity index (χ2v) is 6.38. The van der Waals surface area contributed by atoms with Crippen LogP contribution in [0.4, 0.5) is 4.79 Å². The molecule has 1 atom stereocenters. The topological polar surface area (TPSA) is 108 Å². The van der Waals surface area contributed by atoms with Crippen LogP contribution in [0.5, 0.6) is 0 Å². The van der Waals surface area contributed by atoms with Crippen molar-refractivity contribution in [2.45, 2.75) is 31.3 Å². The van der Waals surface area contributed by atoms with Crippen molar-refractivity contribution in [3.8, 4) is 0 Å². The quantitative estimate of drug-likeness (QED) is 0.671. The maximum absolute atomic E-state index is 12.5. The minimum absolute atomic E-state index is 0.205. The molecule has 1 spiro atoms. The van der Waals surface area contributed by atoms with E-state index in [0.717, 1.165) is 0 Å². The second kappa shape index (κ2) is 6.54. The molecule has 1 aromatic rings. The summed E-state index contributed by atoms with van der Waals surface area (Å²) >= 11 is 0. The number of rotatable bonds is 3. The first kappa shape index (κ1) is 16.9. The Labute approximate surface area is 144 Å². The highest BCUT2D eigenvalue weighted by molar-refractivity contribution is 6.07. The van der Waals surface area contributed by atoms with Crippen LogP contribution in [-0.4, -0.2) is 53.3 Å². The van der Waals surface area contributed by atoms with Gasteiger partial charge in [-0.05, 0) is 31.9 Å². The van der Waals surface area contributed by atoms with Crippen molar-refractivity contribution in [3.05, 3.63) is 35.9 Å². The zero-order valence-corrected chi connectivity index (χ0v) is 13.9. The molecule has 0 aliphatic carbocycles. The van der Waals surface area contributed by atoms with E-state index in [1.807, 2.05) is 6.07 Å². The van der Waals surface area contributed by atoms with Crippen molar-refractivity contribution in [1.29, 1.82) is 0 Å². The lowest BCUT2D eigenvalue weighted by atomic mass is 9.87. The van der Waals surface area contributed by atoms with Crippen LogP contribution in [0.25, 0.3) is 0 Å². The Balaban J connectivity index is 1.56. The molecule has 2 aliphatic heterocycles. The van der Waals surface area contributed by atoms with Crippen LogP contribution in [0.2, 0.25) is 0 Å². The molecule has 132 valence electrons. The zero-order chi connectivity index (χ0) is 18.0. The van der Waals surface area contributed by atoms with E-state index in [-0.39, 0.29) is 17.7 Å². The summed E-state index contributed by atoms with van der Waals surface area (Å²) in [6.45, 7) is 2.33. The summed E-state index contributed by atoms with van der Waals surface area (Å²) in [4.78, 5) is 49.5. The highest BCUT2D eigenvalue weighted by atomic mass is 16.2. The molecule has 8 heteroatoms. The van der Waals surface area contributed by atoms with E-state index in [2.05, 4.69) is 16.0 Å². The molecule has 2 fully saturated rings. The van der Waals surface area contributed by atoms with E-state index in [4.69, 9.17) is 0 Å². The number of hydrogen-bond acceptors (Lipinski definition) is 4. The van der Waals surface area contributed by atoms with Gasteiger partial charge in [0.15, 0.2) is 0 Å². The van der Waals surface area contributed by atoms with Gasteiger partial charge in [-0.1, -0.05) is 18.2 Å². The summed E-state index contributed by atoms with van der Waals surface area (Å²) in [5.41, 5.74) is -0.421. The van der Waals surface area contributed by atoms with Gasteiger partial charge in [0.1, 0.15) is 11.6 Å². The second-order valence-electron chi connectivity index (χ2n) is 6.38. The molecule has 0 saturated carbocycles. The smallest absolute Gasteiger partial charge is 0.322 e. The third-order valence-corrected chi connectivity index (χ3v) is 4.70. The average Bonchev–Trinajstić information content (AvgIpc) is 2.88. The number of piperidine rings is 1. The standard InChI is InChI=1S/C17H20N4O4/c1-11(18-13(22)12-5-3-2-4-6-12)14(23)21-9-7-17(8-10-21)15(24)19-16(25)20-17/h2-6,11H,7-10H2,1H3,(H,18,22)(H2,19,20,24,25)/t11-/m1/s1. The Bertz CT molecular complexity index is 711. The van der Waals surface area contributed by atoms with Crippen LogP contribution in [0.1, 0.15) is 30.1 Å². The Morgan fingerprint density at radius 2 is 1.80 bits per heavy atom. The molecule has 25 heavy (non-hydrogen) atoms. The Hall–Kier alpha value is -2.90. The lowest BCUT2D eigenvalue weighted by Gasteiger charge is -2.38. The van der Waals surface area contributed by atoms with E-state index < -0.39 is 17.6 Å². The summed E-state index contributed by atoms with van der Waals surface area (Å²) in [5.74, 6) is -0.851. The number of amides is 5. The highest BCUT2D eigenvalue weighted by Gasteiger charge is 2.48. The number of nitrogens with zero attached hydrogens (tertiary/aromatic N) is 1. The fourth-order valence-corrected chi connectivity index (χ4v) is 3.19. The fraction of sp³-hybridized carbons (Fsp3) is 0.412. The van der Waals surface area contributed by atoms with Crippen molar-refractivity contribution >= 4 is 23.8 Å². The minimum Gasteiger partial charge on any atom is -0.341 e. The first-order chi connectivity index (χ1) is 11.9. The van der Waals surface area contributed by atoms with Crippen LogP contribution in [0.15, 0.2) is 30.3 Å². The molecule has 2 heterocycles. The summed E-state index contributed by atoms with van der Waals surface area (Å²) in [6, 6.07) is 7.52. The number of imide groups is 1. The number of benzene rings is 1. The molecule has 0 unspecified atom stereocenters. The van der Waals surface area contributed by atoms with Crippen molar-refractivity contribution in [3.63, 3.8) is 0 Å². The van der Waals surface area contributed by atoms with Crippen molar-refractivity contribution < 1.29 is 19.2 Å². The SMILES string of the molecule is C[C@@H](NC(=O)c1ccccc1)C(=O)N1CCC2(CC1)NC(=O)NC2=O. The lowest BCUT2D eigenvalue weighted by Crippen LogP contribution is -2.58. The number of nitrogens with one attached hydrogen (secondary N) is 3. The van der Waals surface area contributed by atoms with Crippen LogP contribution < -0.4 is 16.0 Å². The van der Waals surface area contributed by atoms with E-state index in [1.165, 1.54) is 0 Å². The van der Waals surface area contributed by atoms with Gasteiger partial charge >= 0.3 is 6.03 Å². The predicted octanol–water partition coefficient (Wildman–Crippen LogP) is 0.00550. The summed E-state index contributed by atoms with van der Waals surface area (Å²) in [7, 11) is 0. The number of likely N-dealkylation sites (tertiary alicyclic amines) is 1. The van der Waals surface area contributed by atoms with Gasteiger partial charge in [-0.15, -0.1) is 0 Å². The Morgan fingerprint density at radius 1 is 1.16 bits per heavy atom. The summed E-state index contributed by atoms with van der Waals surface area (Å²) < 4.78 is 0. The third-order valence-electron chi connectivity index (χ3n) is 4.70. The molecular formula is C17H20N4O4. The van der Waals surface area contributed by atoms with Crippen LogP contribution in [0.3, 0.4) is 0 Å². The van der Waals surface area contributed by atoms with Crippen molar-refractivity contribution in [1.82, 2.24) is 20.9 Å². The summed E-state index contributed by atoms with van der Waals surface area (Å²) in [5, 5.41) is 7.58. The molecule has 0 bridgehead atoms. The van der Waals surface area contributed by atoms with Gasteiger partial charge < -0.3 is 15.5 Å². The van der Waals surface area contributed by atoms with E-state index >= 15 is 0 Å². The van der Waals surface area contributed by atoms with E-state index in [9.17, 15) is 19.2 Å². The van der Waals surface area contributed by atoms with Gasteiger partial charge in [0, 0.05) is 18.7 Å². The van der Waals surface area contributed by atoms with Crippen LogP contribution in [-0.2, 0) is 9.59 Å². The molecule has 8 nitrogen and oxygen atoms in total. The van der Waals surface area contributed by atoms with Gasteiger partial charge in [0.2, 0.25) is 5.91 Å². The van der Waals surface area contributed by atoms with Gasteiger partial charge in [-0.3, -0.25) is 19.7 Å². The maximum atomic E-state index is 12.5.